The Kier molecular flexibility index (Phi) is 5.90. The van der Waals surface area contributed by atoms with Crippen LogP contribution in [0.4, 0.5) is 5.69 Å². The smallest absolute Gasteiger partial charge is 0.272 e. The zero-order valence-corrected chi connectivity index (χ0v) is 15.6. The molecule has 2 aromatic rings. The predicted octanol–water partition coefficient (Wildman–Crippen LogP) is 2.01. The van der Waals surface area contributed by atoms with Gasteiger partial charge in [0, 0.05) is 45.2 Å². The average Bonchev–Trinajstić information content (AvgIpc) is 2.72. The summed E-state index contributed by atoms with van der Waals surface area (Å²) in [5.74, 6) is 0.773. The van der Waals surface area contributed by atoms with Crippen LogP contribution in [0.5, 0.6) is 5.75 Å². The molecule has 0 radical (unpaired) electrons. The van der Waals surface area contributed by atoms with Gasteiger partial charge < -0.3 is 19.9 Å². The van der Waals surface area contributed by atoms with Gasteiger partial charge in [0.2, 0.25) is 5.91 Å². The summed E-state index contributed by atoms with van der Waals surface area (Å²) in [6, 6.07) is 11.4. The van der Waals surface area contributed by atoms with Crippen molar-refractivity contribution in [3.63, 3.8) is 0 Å². The Morgan fingerprint density at radius 3 is 2.41 bits per heavy atom. The van der Waals surface area contributed by atoms with Crippen LogP contribution in [0.1, 0.15) is 23.0 Å². The maximum atomic E-state index is 12.6. The number of piperazine rings is 1. The van der Waals surface area contributed by atoms with E-state index in [1.807, 2.05) is 30.3 Å². The molecule has 2 amide bonds. The predicted molar refractivity (Wildman–Crippen MR) is 103 cm³/mol. The summed E-state index contributed by atoms with van der Waals surface area (Å²) < 4.78 is 5.34. The van der Waals surface area contributed by atoms with Crippen LogP contribution in [0.15, 0.2) is 42.6 Å². The molecule has 1 N–H and O–H groups in total. The van der Waals surface area contributed by atoms with E-state index in [2.05, 4.69) is 10.3 Å². The molecule has 3 rings (SSSR count). The van der Waals surface area contributed by atoms with Crippen molar-refractivity contribution in [2.75, 3.05) is 38.6 Å². The number of methoxy groups -OCH3 is 1. The van der Waals surface area contributed by atoms with E-state index in [4.69, 9.17) is 4.74 Å². The summed E-state index contributed by atoms with van der Waals surface area (Å²) in [6.45, 7) is 4.36. The molecule has 1 aromatic carbocycles. The van der Waals surface area contributed by atoms with Crippen LogP contribution >= 0.6 is 0 Å². The fraction of sp³-hybridized carbons (Fsp3) is 0.350. The Labute approximate surface area is 158 Å². The minimum atomic E-state index is -0.102. The fourth-order valence-electron chi connectivity index (χ4n) is 3.06. The van der Waals surface area contributed by atoms with Crippen molar-refractivity contribution in [3.8, 4) is 5.75 Å². The molecule has 7 nitrogen and oxygen atoms in total. The molecule has 0 saturated carbocycles. The van der Waals surface area contributed by atoms with Gasteiger partial charge in [-0.25, -0.2) is 4.98 Å². The van der Waals surface area contributed by atoms with E-state index in [1.54, 1.807) is 36.1 Å². The van der Waals surface area contributed by atoms with Crippen LogP contribution in [0.2, 0.25) is 0 Å². The van der Waals surface area contributed by atoms with Crippen LogP contribution in [-0.4, -0.2) is 59.9 Å². The van der Waals surface area contributed by atoms with Gasteiger partial charge in [-0.05, 0) is 18.2 Å². The largest absolute Gasteiger partial charge is 0.496 e. The second-order valence-electron chi connectivity index (χ2n) is 6.40. The fourth-order valence-corrected chi connectivity index (χ4v) is 3.06. The van der Waals surface area contributed by atoms with E-state index in [9.17, 15) is 9.59 Å². The first-order valence-electron chi connectivity index (χ1n) is 8.95. The maximum absolute atomic E-state index is 12.6. The molecule has 27 heavy (non-hydrogen) atoms. The number of amides is 2. The highest BCUT2D eigenvalue weighted by molar-refractivity contribution is 5.92. The molecule has 1 saturated heterocycles. The Morgan fingerprint density at radius 1 is 1.07 bits per heavy atom. The minimum absolute atomic E-state index is 0.0469. The second-order valence-corrected chi connectivity index (χ2v) is 6.40. The van der Waals surface area contributed by atoms with Gasteiger partial charge in [-0.2, -0.15) is 0 Å². The third-order valence-electron chi connectivity index (χ3n) is 4.67. The molecular weight excluding hydrogens is 344 g/mol. The first-order chi connectivity index (χ1) is 13.1. The average molecular weight is 368 g/mol. The molecule has 1 aliphatic heterocycles. The highest BCUT2D eigenvalue weighted by atomic mass is 16.5. The first-order valence-corrected chi connectivity index (χ1v) is 8.95. The lowest BCUT2D eigenvalue weighted by Crippen LogP contribution is -2.50. The summed E-state index contributed by atoms with van der Waals surface area (Å²) in [5, 5.41) is 3.29. The maximum Gasteiger partial charge on any atom is 0.272 e. The topological polar surface area (TPSA) is 74.8 Å². The molecule has 7 heteroatoms. The van der Waals surface area contributed by atoms with Gasteiger partial charge in [-0.3, -0.25) is 9.59 Å². The number of pyridine rings is 1. The van der Waals surface area contributed by atoms with Crippen LogP contribution < -0.4 is 10.1 Å². The number of aromatic nitrogens is 1. The Hall–Kier alpha value is -3.09. The molecule has 1 fully saturated rings. The molecule has 0 bridgehead atoms. The molecule has 142 valence electrons. The molecule has 1 aromatic heterocycles. The third kappa shape index (κ3) is 4.55. The highest BCUT2D eigenvalue weighted by Crippen LogP contribution is 2.19. The number of rotatable bonds is 5. The highest BCUT2D eigenvalue weighted by Gasteiger charge is 2.23. The lowest BCUT2D eigenvalue weighted by atomic mass is 10.2. The van der Waals surface area contributed by atoms with Crippen molar-refractivity contribution in [2.24, 2.45) is 0 Å². The molecule has 0 spiro atoms. The molecule has 0 aliphatic carbocycles. The van der Waals surface area contributed by atoms with Crippen molar-refractivity contribution in [2.45, 2.75) is 13.5 Å². The SMILES string of the molecule is COc1ccccc1CNc1ccc(C(=O)N2CCN(C(C)=O)CC2)nc1. The van der Waals surface area contributed by atoms with Gasteiger partial charge in [0.1, 0.15) is 11.4 Å². The van der Waals surface area contributed by atoms with Crippen molar-refractivity contribution >= 4 is 17.5 Å². The monoisotopic (exact) mass is 368 g/mol. The molecule has 1 aliphatic rings. The van der Waals surface area contributed by atoms with Crippen molar-refractivity contribution < 1.29 is 14.3 Å². The standard InChI is InChI=1S/C20H24N4O3/c1-15(25)23-9-11-24(12-10-23)20(26)18-8-7-17(14-22-18)21-13-16-5-3-4-6-19(16)27-2/h3-8,14,21H,9-13H2,1-2H3. The summed E-state index contributed by atoms with van der Waals surface area (Å²) in [6.07, 6.45) is 1.66. The second kappa shape index (κ2) is 8.53. The molecule has 2 heterocycles. The van der Waals surface area contributed by atoms with Crippen molar-refractivity contribution in [1.82, 2.24) is 14.8 Å². The number of ether oxygens (including phenoxy) is 1. The number of carbonyl (C=O) groups excluding carboxylic acids is 2. The lowest BCUT2D eigenvalue weighted by molar-refractivity contribution is -0.130. The lowest BCUT2D eigenvalue weighted by Gasteiger charge is -2.34. The Balaban J connectivity index is 1.57. The summed E-state index contributed by atoms with van der Waals surface area (Å²) in [5.41, 5.74) is 2.29. The first kappa shape index (κ1) is 18.7. The summed E-state index contributed by atoms with van der Waals surface area (Å²) in [7, 11) is 1.65. The zero-order chi connectivity index (χ0) is 19.2. The number of nitrogens with one attached hydrogen (secondary N) is 1. The van der Waals surface area contributed by atoms with Crippen LogP contribution in [0, 0.1) is 0 Å². The normalized spacial score (nSPS) is 14.0. The van der Waals surface area contributed by atoms with Crippen molar-refractivity contribution in [1.29, 1.82) is 0 Å². The molecule has 0 atom stereocenters. The van der Waals surface area contributed by atoms with Gasteiger partial charge >= 0.3 is 0 Å². The van der Waals surface area contributed by atoms with Crippen molar-refractivity contribution in [3.05, 3.63) is 53.9 Å². The Bertz CT molecular complexity index is 799. The number of nitrogens with zero attached hydrogens (tertiary/aromatic N) is 3. The number of para-hydroxylation sites is 1. The number of hydrogen-bond acceptors (Lipinski definition) is 5. The quantitative estimate of drug-likeness (QED) is 0.874. The van der Waals surface area contributed by atoms with Gasteiger partial charge in [0.05, 0.1) is 19.0 Å². The van der Waals surface area contributed by atoms with E-state index in [0.717, 1.165) is 17.0 Å². The van der Waals surface area contributed by atoms with Crippen LogP contribution in [0.3, 0.4) is 0 Å². The van der Waals surface area contributed by atoms with E-state index in [-0.39, 0.29) is 11.8 Å². The number of hydrogen-bond donors (Lipinski definition) is 1. The van der Waals surface area contributed by atoms with E-state index in [0.29, 0.717) is 38.4 Å². The van der Waals surface area contributed by atoms with Gasteiger partial charge in [0.15, 0.2) is 0 Å². The Morgan fingerprint density at radius 2 is 1.78 bits per heavy atom. The van der Waals surface area contributed by atoms with Gasteiger partial charge in [-0.1, -0.05) is 18.2 Å². The van der Waals surface area contributed by atoms with E-state index >= 15 is 0 Å². The summed E-state index contributed by atoms with van der Waals surface area (Å²) >= 11 is 0. The zero-order valence-electron chi connectivity index (χ0n) is 15.6. The number of carbonyl (C=O) groups is 2. The summed E-state index contributed by atoms with van der Waals surface area (Å²) in [4.78, 5) is 31.7. The molecule has 0 unspecified atom stereocenters. The van der Waals surface area contributed by atoms with Crippen LogP contribution in [0.25, 0.3) is 0 Å². The van der Waals surface area contributed by atoms with Crippen LogP contribution in [-0.2, 0) is 11.3 Å². The van der Waals surface area contributed by atoms with E-state index in [1.165, 1.54) is 0 Å². The van der Waals surface area contributed by atoms with Gasteiger partial charge in [0.25, 0.3) is 5.91 Å². The van der Waals surface area contributed by atoms with E-state index < -0.39 is 0 Å². The molecular formula is C20H24N4O3. The minimum Gasteiger partial charge on any atom is -0.496 e. The number of anilines is 1. The number of benzene rings is 1. The van der Waals surface area contributed by atoms with Gasteiger partial charge in [-0.15, -0.1) is 0 Å². The third-order valence-corrected chi connectivity index (χ3v) is 4.67.